The molecule has 4 nitrogen and oxygen atoms in total. The number of allylic oxidation sites excluding steroid dienone is 6. The number of hydrogen-bond acceptors (Lipinski definition) is 3. The Balaban J connectivity index is 1.33. The zero-order chi connectivity index (χ0) is 24.4. The molecule has 0 amide bonds. The third kappa shape index (κ3) is 5.01. The number of carbonyl (C=O) groups excluding carboxylic acids is 1. The highest BCUT2D eigenvalue weighted by Gasteiger charge is 2.20. The van der Waals surface area contributed by atoms with Crippen LogP contribution < -0.4 is 0 Å². The topological polar surface area (TPSA) is 47.8 Å². The van der Waals surface area contributed by atoms with Gasteiger partial charge in [-0.05, 0) is 47.7 Å². The first-order valence-electron chi connectivity index (χ1n) is 11.4. The Morgan fingerprint density at radius 1 is 0.914 bits per heavy atom. The predicted octanol–water partition coefficient (Wildman–Crippen LogP) is 6.72. The summed E-state index contributed by atoms with van der Waals surface area (Å²) in [5.41, 5.74) is 5.74. The van der Waals surface area contributed by atoms with E-state index in [0.29, 0.717) is 24.4 Å². The first kappa shape index (κ1) is 22.6. The molecule has 2 aliphatic heterocycles. The van der Waals surface area contributed by atoms with Crippen molar-refractivity contribution in [3.05, 3.63) is 114 Å². The number of ketones is 1. The molecule has 0 radical (unpaired) electrons. The quantitative estimate of drug-likeness (QED) is 0.316. The van der Waals surface area contributed by atoms with Gasteiger partial charge in [-0.25, -0.2) is 18.7 Å². The second kappa shape index (κ2) is 9.58. The molecule has 0 saturated heterocycles. The molecule has 2 aromatic carbocycles. The maximum atomic E-state index is 14.4. The van der Waals surface area contributed by atoms with Crippen molar-refractivity contribution in [1.29, 1.82) is 0 Å². The van der Waals surface area contributed by atoms with Crippen LogP contribution in [0.25, 0.3) is 28.1 Å². The molecule has 0 unspecified atom stereocenters. The fourth-order valence-corrected chi connectivity index (χ4v) is 4.14. The van der Waals surface area contributed by atoms with Crippen LogP contribution in [-0.2, 0) is 17.8 Å². The molecule has 0 spiro atoms. The van der Waals surface area contributed by atoms with Crippen LogP contribution in [-0.4, -0.2) is 20.3 Å². The largest absolute Gasteiger partial charge is 0.348 e. The van der Waals surface area contributed by atoms with Crippen LogP contribution in [0.3, 0.4) is 0 Å². The number of carbonyl (C=O) groups is 1. The lowest BCUT2D eigenvalue weighted by Gasteiger charge is -2.09. The van der Waals surface area contributed by atoms with E-state index in [9.17, 15) is 13.6 Å². The van der Waals surface area contributed by atoms with Crippen LogP contribution in [0, 0.1) is 0 Å². The van der Waals surface area contributed by atoms with E-state index in [4.69, 9.17) is 0 Å². The van der Waals surface area contributed by atoms with E-state index >= 15 is 0 Å². The summed E-state index contributed by atoms with van der Waals surface area (Å²) >= 11 is 0. The van der Waals surface area contributed by atoms with Crippen LogP contribution in [0.15, 0.2) is 96.9 Å². The zero-order valence-electron chi connectivity index (χ0n) is 19.2. The van der Waals surface area contributed by atoms with E-state index in [1.807, 2.05) is 47.3 Å². The summed E-state index contributed by atoms with van der Waals surface area (Å²) in [5, 5.41) is 0. The zero-order valence-corrected chi connectivity index (χ0v) is 19.2. The fraction of sp³-hybridized carbons (Fsp3) is 0.138. The van der Waals surface area contributed by atoms with Crippen molar-refractivity contribution in [3.63, 3.8) is 0 Å². The molecule has 174 valence electrons. The molecule has 0 bridgehead atoms. The van der Waals surface area contributed by atoms with Gasteiger partial charge in [-0.15, -0.1) is 0 Å². The van der Waals surface area contributed by atoms with Crippen molar-refractivity contribution in [1.82, 2.24) is 14.5 Å². The van der Waals surface area contributed by atoms with Crippen molar-refractivity contribution in [2.24, 2.45) is 0 Å². The lowest BCUT2D eigenvalue weighted by Crippen LogP contribution is -2.00. The highest BCUT2D eigenvalue weighted by molar-refractivity contribution is 5.78. The van der Waals surface area contributed by atoms with Crippen LogP contribution in [0.2, 0.25) is 0 Å². The molecule has 0 atom stereocenters. The SMILES string of the molecule is CC(=O)Cc1ccc(-c2ccc(Cn3ccc4nc(C5=C(F)C(F)=CC=CC5)nc-4c3)cc2)cc1. The Morgan fingerprint density at radius 2 is 1.57 bits per heavy atom. The molecule has 35 heavy (non-hydrogen) atoms. The first-order chi connectivity index (χ1) is 17.0. The van der Waals surface area contributed by atoms with E-state index in [0.717, 1.165) is 28.3 Å². The van der Waals surface area contributed by atoms with E-state index in [1.54, 1.807) is 13.0 Å². The summed E-state index contributed by atoms with van der Waals surface area (Å²) < 4.78 is 30.2. The molecule has 2 heterocycles. The monoisotopic (exact) mass is 467 g/mol. The van der Waals surface area contributed by atoms with Gasteiger partial charge in [0.15, 0.2) is 17.5 Å². The minimum atomic E-state index is -0.910. The van der Waals surface area contributed by atoms with Gasteiger partial charge in [-0.1, -0.05) is 60.7 Å². The summed E-state index contributed by atoms with van der Waals surface area (Å²) in [6.07, 6.45) is 8.74. The van der Waals surface area contributed by atoms with E-state index in [-0.39, 0.29) is 23.6 Å². The molecular formula is C29H23F2N3O. The van der Waals surface area contributed by atoms with E-state index in [1.165, 1.54) is 6.08 Å². The second-order valence-electron chi connectivity index (χ2n) is 8.65. The van der Waals surface area contributed by atoms with Gasteiger partial charge >= 0.3 is 0 Å². The van der Waals surface area contributed by atoms with Gasteiger partial charge in [-0.3, -0.25) is 4.79 Å². The molecule has 1 aliphatic carbocycles. The number of hydrogen-bond donors (Lipinski definition) is 0. The van der Waals surface area contributed by atoms with Gasteiger partial charge in [-0.2, -0.15) is 0 Å². The summed E-state index contributed by atoms with van der Waals surface area (Å²) in [6, 6.07) is 18.2. The Morgan fingerprint density at radius 3 is 2.26 bits per heavy atom. The average Bonchev–Trinajstić information content (AvgIpc) is 3.19. The highest BCUT2D eigenvalue weighted by Crippen LogP contribution is 2.32. The normalized spacial score (nSPS) is 13.7. The van der Waals surface area contributed by atoms with Gasteiger partial charge < -0.3 is 4.57 Å². The second-order valence-corrected chi connectivity index (χ2v) is 8.65. The highest BCUT2D eigenvalue weighted by atomic mass is 19.2. The van der Waals surface area contributed by atoms with Crippen molar-refractivity contribution >= 4 is 11.4 Å². The average molecular weight is 468 g/mol. The number of Topliss-reactive ketones (excluding diaryl/α,β-unsaturated/α-hetero) is 1. The smallest absolute Gasteiger partial charge is 0.166 e. The standard InChI is InChI=1S/C29H23F2N3O/c1-19(35)16-20-6-10-22(11-7-20)23-12-8-21(9-13-23)17-34-15-14-26-27(18-34)33-29(32-26)24-4-2-3-5-25(30)28(24)31/h2-3,5-15,18H,4,16-17H2,1H3. The minimum absolute atomic E-state index is 0.152. The third-order valence-electron chi connectivity index (χ3n) is 5.93. The number of rotatable bonds is 6. The van der Waals surface area contributed by atoms with Gasteiger partial charge in [0.05, 0.1) is 5.69 Å². The van der Waals surface area contributed by atoms with Crippen molar-refractivity contribution in [2.75, 3.05) is 0 Å². The third-order valence-corrected chi connectivity index (χ3v) is 5.93. The molecule has 3 aliphatic rings. The number of benzene rings is 2. The van der Waals surface area contributed by atoms with Crippen molar-refractivity contribution in [2.45, 2.75) is 26.3 Å². The van der Waals surface area contributed by atoms with Crippen LogP contribution in [0.5, 0.6) is 0 Å². The number of nitrogens with zero attached hydrogens (tertiary/aromatic N) is 3. The van der Waals surface area contributed by atoms with Gasteiger partial charge in [0, 0.05) is 30.9 Å². The lowest BCUT2D eigenvalue weighted by molar-refractivity contribution is -0.116. The van der Waals surface area contributed by atoms with Crippen LogP contribution in [0.1, 0.15) is 30.3 Å². The molecule has 0 fully saturated rings. The fourth-order valence-electron chi connectivity index (χ4n) is 4.14. The summed E-state index contributed by atoms with van der Waals surface area (Å²) in [4.78, 5) is 20.2. The van der Waals surface area contributed by atoms with Crippen molar-refractivity contribution < 1.29 is 13.6 Å². The van der Waals surface area contributed by atoms with E-state index < -0.39 is 11.7 Å². The van der Waals surface area contributed by atoms with E-state index in [2.05, 4.69) is 34.2 Å². The molecular weight excluding hydrogens is 444 g/mol. The molecule has 5 rings (SSSR count). The Hall–Kier alpha value is -4.19. The molecule has 2 aromatic rings. The number of imidazole rings is 1. The summed E-state index contributed by atoms with van der Waals surface area (Å²) in [7, 11) is 0. The Labute approximate surface area is 202 Å². The van der Waals surface area contributed by atoms with Crippen molar-refractivity contribution in [3.8, 4) is 22.5 Å². The number of halogens is 2. The molecule has 0 saturated carbocycles. The summed E-state index contributed by atoms with van der Waals surface area (Å²) in [6.45, 7) is 2.23. The van der Waals surface area contributed by atoms with Crippen LogP contribution >= 0.6 is 0 Å². The molecule has 0 N–H and O–H groups in total. The lowest BCUT2D eigenvalue weighted by atomic mass is 10.0. The number of aromatic nitrogens is 3. The van der Waals surface area contributed by atoms with Gasteiger partial charge in [0.2, 0.25) is 0 Å². The molecule has 0 aromatic heterocycles. The summed E-state index contributed by atoms with van der Waals surface area (Å²) in [5.74, 6) is -1.46. The Bertz CT molecular complexity index is 1440. The first-order valence-corrected chi connectivity index (χ1v) is 11.4. The van der Waals surface area contributed by atoms with Crippen LogP contribution in [0.4, 0.5) is 8.78 Å². The maximum Gasteiger partial charge on any atom is 0.166 e. The minimum Gasteiger partial charge on any atom is -0.348 e. The predicted molar refractivity (Wildman–Crippen MR) is 133 cm³/mol. The number of pyridine rings is 1. The van der Waals surface area contributed by atoms with Gasteiger partial charge in [0.1, 0.15) is 11.5 Å². The van der Waals surface area contributed by atoms with Gasteiger partial charge in [0.25, 0.3) is 0 Å². The number of fused-ring (bicyclic) bond motifs is 1. The Kier molecular flexibility index (Phi) is 6.19. The maximum absolute atomic E-state index is 14.4. The molecule has 6 heteroatoms.